The fourth-order valence-corrected chi connectivity index (χ4v) is 1.99. The highest BCUT2D eigenvalue weighted by Crippen LogP contribution is 2.09. The Morgan fingerprint density at radius 1 is 0.800 bits per heavy atom. The van der Waals surface area contributed by atoms with Gasteiger partial charge >= 0.3 is 5.69 Å². The van der Waals surface area contributed by atoms with Crippen LogP contribution in [0.1, 0.15) is 0 Å². The highest BCUT2D eigenvalue weighted by atomic mass is 16.3. The molecule has 0 unspecified atom stereocenters. The van der Waals surface area contributed by atoms with Crippen LogP contribution in [0.5, 0.6) is 0 Å². The summed E-state index contributed by atoms with van der Waals surface area (Å²) >= 11 is 0. The molecule has 25 heavy (non-hydrogen) atoms. The molecule has 124 valence electrons. The first-order chi connectivity index (χ1) is 12.3. The molecule has 3 heterocycles. The van der Waals surface area contributed by atoms with E-state index in [2.05, 4.69) is 24.9 Å². The Bertz CT molecular complexity index is 953. The van der Waals surface area contributed by atoms with Crippen molar-refractivity contribution in [2.24, 2.45) is 0 Å². The van der Waals surface area contributed by atoms with E-state index in [0.29, 0.717) is 0 Å². The van der Waals surface area contributed by atoms with Gasteiger partial charge in [0.1, 0.15) is 5.52 Å². The number of aromatic nitrogens is 5. The number of benzene rings is 2. The summed E-state index contributed by atoms with van der Waals surface area (Å²) in [4.78, 5) is 26.9. The Kier molecular flexibility index (Phi) is 5.30. The first-order valence-electron chi connectivity index (χ1n) is 7.49. The number of fused-ring (bicyclic) bond motifs is 2. The van der Waals surface area contributed by atoms with Crippen molar-refractivity contribution in [3.05, 3.63) is 90.2 Å². The summed E-state index contributed by atoms with van der Waals surface area (Å²) < 4.78 is 5.01. The number of rotatable bonds is 0. The van der Waals surface area contributed by atoms with Crippen LogP contribution in [-0.4, -0.2) is 24.9 Å². The van der Waals surface area contributed by atoms with E-state index in [9.17, 15) is 4.79 Å². The summed E-state index contributed by atoms with van der Waals surface area (Å²) in [7, 11) is 0. The zero-order valence-corrected chi connectivity index (χ0v) is 13.2. The Morgan fingerprint density at radius 2 is 1.60 bits per heavy atom. The molecule has 0 saturated carbocycles. The van der Waals surface area contributed by atoms with Crippen LogP contribution in [0.25, 0.3) is 22.1 Å². The molecule has 2 N–H and O–H groups in total. The second kappa shape index (κ2) is 8.21. The average molecular weight is 333 g/mol. The molecule has 0 bridgehead atoms. The van der Waals surface area contributed by atoms with Crippen LogP contribution in [-0.2, 0) is 0 Å². The van der Waals surface area contributed by atoms with Crippen molar-refractivity contribution < 1.29 is 4.42 Å². The van der Waals surface area contributed by atoms with E-state index in [4.69, 9.17) is 4.42 Å². The summed E-state index contributed by atoms with van der Waals surface area (Å²) in [5.41, 5.74) is 3.58. The van der Waals surface area contributed by atoms with E-state index in [1.807, 2.05) is 48.5 Å². The van der Waals surface area contributed by atoms with E-state index in [1.165, 1.54) is 18.8 Å². The highest BCUT2D eigenvalue weighted by molar-refractivity contribution is 5.73. The molecule has 0 aliphatic heterocycles. The number of aromatic amines is 2. The molecule has 7 heteroatoms. The Balaban J connectivity index is 0.000000111. The second-order valence-electron chi connectivity index (χ2n) is 4.83. The van der Waals surface area contributed by atoms with Crippen molar-refractivity contribution in [1.29, 1.82) is 0 Å². The average Bonchev–Trinajstić information content (AvgIpc) is 3.32. The summed E-state index contributed by atoms with van der Waals surface area (Å²) in [5.74, 6) is 0. The van der Waals surface area contributed by atoms with Crippen LogP contribution in [0.2, 0.25) is 0 Å². The Morgan fingerprint density at radius 3 is 2.28 bits per heavy atom. The standard InChI is InChI=1S/C7H6N2.C7H5NO.C4H4N2O/c2*1-2-4-7-6(3-1)8-5-9-7;7-4-5-2-1-3-6-4/h1-5H,(H,8,9);1-5H;1-3H,(H,5,6,7). The van der Waals surface area contributed by atoms with Crippen molar-refractivity contribution in [1.82, 2.24) is 24.9 Å². The molecular weight excluding hydrogens is 318 g/mol. The SMILES string of the molecule is O=c1nccc[nH]1.c1ccc2[nH]cnc2c1.c1ccc2ocnc2c1. The van der Waals surface area contributed by atoms with Crippen LogP contribution < -0.4 is 5.69 Å². The molecule has 0 aliphatic carbocycles. The number of imidazole rings is 1. The third-order valence-electron chi connectivity index (χ3n) is 3.15. The minimum atomic E-state index is -0.303. The number of nitrogens with zero attached hydrogens (tertiary/aromatic N) is 3. The maximum absolute atomic E-state index is 10.1. The molecule has 0 radical (unpaired) electrons. The van der Waals surface area contributed by atoms with Crippen molar-refractivity contribution >= 4 is 22.1 Å². The van der Waals surface area contributed by atoms with Crippen molar-refractivity contribution in [3.8, 4) is 0 Å². The van der Waals surface area contributed by atoms with E-state index < -0.39 is 0 Å². The third kappa shape index (κ3) is 4.61. The zero-order valence-electron chi connectivity index (χ0n) is 13.2. The van der Waals surface area contributed by atoms with Gasteiger partial charge in [0.15, 0.2) is 12.0 Å². The molecule has 0 spiro atoms. The molecule has 5 rings (SSSR count). The van der Waals surface area contributed by atoms with E-state index in [1.54, 1.807) is 12.4 Å². The van der Waals surface area contributed by atoms with Crippen molar-refractivity contribution in [2.45, 2.75) is 0 Å². The summed E-state index contributed by atoms with van der Waals surface area (Å²) in [5, 5.41) is 0. The van der Waals surface area contributed by atoms with Crippen LogP contribution in [0.15, 0.2) is 88.9 Å². The highest BCUT2D eigenvalue weighted by Gasteiger charge is 1.91. The lowest BCUT2D eigenvalue weighted by molar-refractivity contribution is 0.602. The maximum Gasteiger partial charge on any atom is 0.344 e. The fraction of sp³-hybridized carbons (Fsp3) is 0. The minimum Gasteiger partial charge on any atom is -0.443 e. The van der Waals surface area contributed by atoms with Crippen LogP contribution in [0, 0.1) is 0 Å². The fourth-order valence-electron chi connectivity index (χ4n) is 1.99. The molecule has 0 aliphatic rings. The van der Waals surface area contributed by atoms with Gasteiger partial charge in [0.05, 0.1) is 17.4 Å². The predicted molar refractivity (Wildman–Crippen MR) is 95.0 cm³/mol. The maximum atomic E-state index is 10.1. The molecule has 3 aromatic heterocycles. The Labute approximate surface area is 142 Å². The van der Waals surface area contributed by atoms with E-state index in [0.717, 1.165) is 22.1 Å². The summed E-state index contributed by atoms with van der Waals surface area (Å²) in [6.45, 7) is 0. The quantitative estimate of drug-likeness (QED) is 0.453. The van der Waals surface area contributed by atoms with Gasteiger partial charge in [0.25, 0.3) is 0 Å². The van der Waals surface area contributed by atoms with Crippen LogP contribution in [0.4, 0.5) is 0 Å². The van der Waals surface area contributed by atoms with Gasteiger partial charge in [-0.05, 0) is 30.3 Å². The normalized spacial score (nSPS) is 9.76. The molecule has 5 aromatic rings. The van der Waals surface area contributed by atoms with Crippen LogP contribution >= 0.6 is 0 Å². The van der Waals surface area contributed by atoms with Gasteiger partial charge < -0.3 is 14.4 Å². The second-order valence-corrected chi connectivity index (χ2v) is 4.83. The van der Waals surface area contributed by atoms with Gasteiger partial charge in [-0.25, -0.2) is 19.7 Å². The molecule has 0 atom stereocenters. The monoisotopic (exact) mass is 333 g/mol. The molecule has 0 saturated heterocycles. The lowest BCUT2D eigenvalue weighted by Crippen LogP contribution is -2.05. The van der Waals surface area contributed by atoms with Gasteiger partial charge in [0, 0.05) is 12.4 Å². The smallest absolute Gasteiger partial charge is 0.344 e. The van der Waals surface area contributed by atoms with Gasteiger partial charge in [-0.3, -0.25) is 0 Å². The number of H-pyrrole nitrogens is 2. The Hall–Kier alpha value is -3.74. The molecule has 2 aromatic carbocycles. The van der Waals surface area contributed by atoms with Crippen molar-refractivity contribution in [3.63, 3.8) is 0 Å². The minimum absolute atomic E-state index is 0.303. The first-order valence-corrected chi connectivity index (χ1v) is 7.49. The third-order valence-corrected chi connectivity index (χ3v) is 3.15. The molecule has 0 fully saturated rings. The topological polar surface area (TPSA) is 100 Å². The number of hydrogen-bond acceptors (Lipinski definition) is 5. The van der Waals surface area contributed by atoms with Crippen LogP contribution in [0.3, 0.4) is 0 Å². The van der Waals surface area contributed by atoms with Gasteiger partial charge in [0.2, 0.25) is 0 Å². The number of para-hydroxylation sites is 4. The molecule has 0 amide bonds. The predicted octanol–water partition coefficient (Wildman–Crippen LogP) is 3.16. The van der Waals surface area contributed by atoms with Gasteiger partial charge in [-0.2, -0.15) is 0 Å². The molecular formula is C18H15N5O2. The van der Waals surface area contributed by atoms with Crippen molar-refractivity contribution in [2.75, 3.05) is 0 Å². The lowest BCUT2D eigenvalue weighted by atomic mass is 10.3. The van der Waals surface area contributed by atoms with E-state index >= 15 is 0 Å². The largest absolute Gasteiger partial charge is 0.443 e. The van der Waals surface area contributed by atoms with Gasteiger partial charge in [-0.1, -0.05) is 24.3 Å². The zero-order chi connectivity index (χ0) is 17.3. The van der Waals surface area contributed by atoms with Gasteiger partial charge in [-0.15, -0.1) is 0 Å². The number of hydrogen-bond donors (Lipinski definition) is 2. The lowest BCUT2D eigenvalue weighted by Gasteiger charge is -1.81. The first kappa shape index (κ1) is 16.1. The van der Waals surface area contributed by atoms with E-state index in [-0.39, 0.29) is 5.69 Å². The number of oxazole rings is 1. The molecule has 7 nitrogen and oxygen atoms in total. The summed E-state index contributed by atoms with van der Waals surface area (Å²) in [6, 6.07) is 17.3. The number of nitrogens with one attached hydrogen (secondary N) is 2. The summed E-state index contributed by atoms with van der Waals surface area (Å²) in [6.07, 6.45) is 6.13.